The molecule has 18 heavy (non-hydrogen) atoms. The quantitative estimate of drug-likeness (QED) is 0.839. The Morgan fingerprint density at radius 2 is 2.00 bits per heavy atom. The number of halogens is 1. The van der Waals surface area contributed by atoms with Crippen LogP contribution in [0, 0.1) is 17.2 Å². The minimum Gasteiger partial charge on any atom is -0.310 e. The average molecular weight is 265 g/mol. The topological polar surface area (TPSA) is 35.8 Å². The Hall–Kier alpha value is -1.04. The van der Waals surface area contributed by atoms with Gasteiger partial charge in [0.25, 0.3) is 0 Å². The summed E-state index contributed by atoms with van der Waals surface area (Å²) in [4.78, 5) is 0. The van der Waals surface area contributed by atoms with E-state index < -0.39 is 0 Å². The van der Waals surface area contributed by atoms with Crippen molar-refractivity contribution in [3.63, 3.8) is 0 Å². The van der Waals surface area contributed by atoms with E-state index in [1.54, 1.807) is 6.07 Å². The van der Waals surface area contributed by atoms with Gasteiger partial charge in [0, 0.05) is 17.6 Å². The molecule has 0 aliphatic heterocycles. The van der Waals surface area contributed by atoms with Gasteiger partial charge in [-0.1, -0.05) is 31.5 Å². The van der Waals surface area contributed by atoms with Crippen LogP contribution in [0.2, 0.25) is 5.02 Å². The van der Waals surface area contributed by atoms with Crippen molar-refractivity contribution < 1.29 is 0 Å². The zero-order valence-corrected chi connectivity index (χ0v) is 12.1. The van der Waals surface area contributed by atoms with Crippen molar-refractivity contribution in [2.75, 3.05) is 0 Å². The van der Waals surface area contributed by atoms with Crippen LogP contribution in [0.15, 0.2) is 18.2 Å². The molecule has 0 aliphatic rings. The van der Waals surface area contributed by atoms with Gasteiger partial charge in [-0.15, -0.1) is 0 Å². The highest BCUT2D eigenvalue weighted by molar-refractivity contribution is 6.31. The molecule has 0 saturated heterocycles. The molecule has 1 rings (SSSR count). The van der Waals surface area contributed by atoms with Gasteiger partial charge in [-0.05, 0) is 43.4 Å². The van der Waals surface area contributed by atoms with Gasteiger partial charge in [-0.25, -0.2) is 0 Å². The molecule has 0 bridgehead atoms. The van der Waals surface area contributed by atoms with Gasteiger partial charge in [0.1, 0.15) is 0 Å². The van der Waals surface area contributed by atoms with E-state index in [1.165, 1.54) is 12.8 Å². The number of benzene rings is 1. The first-order valence-electron chi connectivity index (χ1n) is 6.44. The molecular weight excluding hydrogens is 244 g/mol. The zero-order valence-electron chi connectivity index (χ0n) is 11.3. The molecule has 0 aliphatic carbocycles. The van der Waals surface area contributed by atoms with Crippen LogP contribution in [-0.4, -0.2) is 6.04 Å². The van der Waals surface area contributed by atoms with E-state index in [2.05, 4.69) is 32.2 Å². The summed E-state index contributed by atoms with van der Waals surface area (Å²) in [7, 11) is 0. The summed E-state index contributed by atoms with van der Waals surface area (Å²) >= 11 is 6.13. The van der Waals surface area contributed by atoms with Crippen LogP contribution < -0.4 is 5.32 Å². The van der Waals surface area contributed by atoms with Crippen LogP contribution in [-0.2, 0) is 6.54 Å². The van der Waals surface area contributed by atoms with Gasteiger partial charge >= 0.3 is 0 Å². The van der Waals surface area contributed by atoms with Crippen LogP contribution in [0.1, 0.15) is 44.7 Å². The molecule has 1 N–H and O–H groups in total. The maximum atomic E-state index is 8.77. The summed E-state index contributed by atoms with van der Waals surface area (Å²) in [6, 6.07) is 8.02. The minimum atomic E-state index is 0.485. The smallest absolute Gasteiger partial charge is 0.0992 e. The Labute approximate surface area is 115 Å². The van der Waals surface area contributed by atoms with Crippen molar-refractivity contribution in [1.82, 2.24) is 5.32 Å². The van der Waals surface area contributed by atoms with Gasteiger partial charge in [0.2, 0.25) is 0 Å². The van der Waals surface area contributed by atoms with E-state index in [-0.39, 0.29) is 0 Å². The lowest BCUT2D eigenvalue weighted by Crippen LogP contribution is -2.25. The predicted molar refractivity (Wildman–Crippen MR) is 76.5 cm³/mol. The number of hydrogen-bond donors (Lipinski definition) is 1. The summed E-state index contributed by atoms with van der Waals surface area (Å²) < 4.78 is 0. The van der Waals surface area contributed by atoms with E-state index in [0.717, 1.165) is 18.0 Å². The number of nitriles is 1. The van der Waals surface area contributed by atoms with E-state index in [1.807, 2.05) is 12.1 Å². The second kappa shape index (κ2) is 7.41. The largest absolute Gasteiger partial charge is 0.310 e. The molecule has 0 spiro atoms. The normalized spacial score (nSPS) is 12.4. The molecule has 1 aromatic carbocycles. The van der Waals surface area contributed by atoms with E-state index in [9.17, 15) is 0 Å². The van der Waals surface area contributed by atoms with E-state index in [0.29, 0.717) is 16.6 Å². The van der Waals surface area contributed by atoms with Crippen molar-refractivity contribution in [3.05, 3.63) is 34.3 Å². The third-order valence-electron chi connectivity index (χ3n) is 3.00. The van der Waals surface area contributed by atoms with Crippen molar-refractivity contribution in [1.29, 1.82) is 5.26 Å². The Morgan fingerprint density at radius 1 is 1.28 bits per heavy atom. The second-order valence-corrected chi connectivity index (χ2v) is 5.58. The van der Waals surface area contributed by atoms with Crippen molar-refractivity contribution in [2.24, 2.45) is 5.92 Å². The minimum absolute atomic E-state index is 0.485. The van der Waals surface area contributed by atoms with Gasteiger partial charge in [0.05, 0.1) is 11.6 Å². The average Bonchev–Trinajstić information content (AvgIpc) is 2.34. The molecule has 0 aromatic heterocycles. The first-order chi connectivity index (χ1) is 8.52. The van der Waals surface area contributed by atoms with E-state index >= 15 is 0 Å². The van der Waals surface area contributed by atoms with Crippen LogP contribution in [0.4, 0.5) is 0 Å². The number of rotatable bonds is 6. The van der Waals surface area contributed by atoms with E-state index in [4.69, 9.17) is 16.9 Å². The Balaban J connectivity index is 2.46. The van der Waals surface area contributed by atoms with Gasteiger partial charge in [0.15, 0.2) is 0 Å². The molecule has 0 fully saturated rings. The fourth-order valence-electron chi connectivity index (χ4n) is 1.73. The molecule has 0 heterocycles. The summed E-state index contributed by atoms with van der Waals surface area (Å²) in [5, 5.41) is 12.9. The molecule has 0 saturated carbocycles. The number of nitrogens with one attached hydrogen (secondary N) is 1. The highest BCUT2D eigenvalue weighted by Crippen LogP contribution is 2.18. The second-order valence-electron chi connectivity index (χ2n) is 5.17. The van der Waals surface area contributed by atoms with Gasteiger partial charge in [-0.2, -0.15) is 5.26 Å². The van der Waals surface area contributed by atoms with Crippen LogP contribution in [0.25, 0.3) is 0 Å². The molecule has 98 valence electrons. The van der Waals surface area contributed by atoms with Crippen molar-refractivity contribution in [2.45, 2.75) is 46.2 Å². The molecular formula is C15H21ClN2. The molecule has 1 atom stereocenters. The molecule has 3 heteroatoms. The lowest BCUT2D eigenvalue weighted by atomic mass is 10.0. The maximum Gasteiger partial charge on any atom is 0.0992 e. The lowest BCUT2D eigenvalue weighted by molar-refractivity contribution is 0.451. The van der Waals surface area contributed by atoms with Crippen molar-refractivity contribution >= 4 is 11.6 Å². The standard InChI is InChI=1S/C15H21ClN2/c1-11(2)4-5-12(3)18-10-14-7-6-13(9-17)8-15(14)16/h6-8,11-12,18H,4-5,10H2,1-3H3. The highest BCUT2D eigenvalue weighted by Gasteiger charge is 2.06. The summed E-state index contributed by atoms with van der Waals surface area (Å²) in [5.41, 5.74) is 1.66. The lowest BCUT2D eigenvalue weighted by Gasteiger charge is -2.15. The molecule has 1 aromatic rings. The molecule has 2 nitrogen and oxygen atoms in total. The Morgan fingerprint density at radius 3 is 2.56 bits per heavy atom. The highest BCUT2D eigenvalue weighted by atomic mass is 35.5. The summed E-state index contributed by atoms with van der Waals surface area (Å²) in [5.74, 6) is 0.743. The zero-order chi connectivity index (χ0) is 13.5. The first kappa shape index (κ1) is 15.0. The summed E-state index contributed by atoms with van der Waals surface area (Å²) in [6.45, 7) is 7.43. The van der Waals surface area contributed by atoms with Crippen LogP contribution in [0.5, 0.6) is 0 Å². The molecule has 0 radical (unpaired) electrons. The van der Waals surface area contributed by atoms with Crippen LogP contribution >= 0.6 is 11.6 Å². The Bertz CT molecular complexity index is 421. The fraction of sp³-hybridized carbons (Fsp3) is 0.533. The Kier molecular flexibility index (Phi) is 6.18. The van der Waals surface area contributed by atoms with Gasteiger partial charge < -0.3 is 5.32 Å². The number of nitrogens with zero attached hydrogens (tertiary/aromatic N) is 1. The first-order valence-corrected chi connectivity index (χ1v) is 6.82. The fourth-order valence-corrected chi connectivity index (χ4v) is 1.98. The SMILES string of the molecule is CC(C)CCC(C)NCc1ccc(C#N)cc1Cl. The maximum absolute atomic E-state index is 8.77. The third-order valence-corrected chi connectivity index (χ3v) is 3.35. The molecule has 1 unspecified atom stereocenters. The van der Waals surface area contributed by atoms with Crippen LogP contribution in [0.3, 0.4) is 0 Å². The van der Waals surface area contributed by atoms with Crippen molar-refractivity contribution in [3.8, 4) is 6.07 Å². The third kappa shape index (κ3) is 5.08. The molecule has 0 amide bonds. The van der Waals surface area contributed by atoms with Gasteiger partial charge in [-0.3, -0.25) is 0 Å². The predicted octanol–water partition coefficient (Wildman–Crippen LogP) is 4.13. The summed E-state index contributed by atoms with van der Waals surface area (Å²) in [6.07, 6.45) is 2.40. The number of hydrogen-bond acceptors (Lipinski definition) is 2. The monoisotopic (exact) mass is 264 g/mol.